The van der Waals surface area contributed by atoms with Crippen molar-refractivity contribution in [1.82, 2.24) is 25.5 Å². The average Bonchev–Trinajstić information content (AvgIpc) is 3.16. The fourth-order valence-electron chi connectivity index (χ4n) is 2.62. The number of aryl methyl sites for hydroxylation is 1. The van der Waals surface area contributed by atoms with Crippen LogP contribution in [0.15, 0.2) is 48.8 Å². The van der Waals surface area contributed by atoms with Crippen LogP contribution in [0.1, 0.15) is 34.5 Å². The first-order valence-electron chi connectivity index (χ1n) is 7.87. The van der Waals surface area contributed by atoms with E-state index in [0.717, 1.165) is 22.6 Å². The molecule has 3 aromatic rings. The quantitative estimate of drug-likeness (QED) is 0.773. The molecular weight excluding hydrogens is 318 g/mol. The lowest BCUT2D eigenvalue weighted by Crippen LogP contribution is -2.27. The number of hydrogen-bond acceptors (Lipinski definition) is 5. The molecule has 25 heavy (non-hydrogen) atoms. The summed E-state index contributed by atoms with van der Waals surface area (Å²) in [4.78, 5) is 12.6. The van der Waals surface area contributed by atoms with Crippen molar-refractivity contribution in [3.8, 4) is 11.4 Å². The van der Waals surface area contributed by atoms with Crippen LogP contribution < -0.4 is 10.1 Å². The third kappa shape index (κ3) is 3.65. The Kier molecular flexibility index (Phi) is 4.74. The Bertz CT molecular complexity index is 877. The predicted octanol–water partition coefficient (Wildman–Crippen LogP) is 2.47. The SMILES string of the molecule is COc1ccc(C)cc1C(C)NC(=O)c1cccc(-n2cnnn2)c1. The van der Waals surface area contributed by atoms with Gasteiger partial charge in [-0.1, -0.05) is 23.8 Å². The van der Waals surface area contributed by atoms with Crippen molar-refractivity contribution in [3.05, 3.63) is 65.5 Å². The number of ether oxygens (including phenoxy) is 1. The lowest BCUT2D eigenvalue weighted by molar-refractivity contribution is 0.0939. The molecule has 128 valence electrons. The van der Waals surface area contributed by atoms with Crippen LogP contribution in [0, 0.1) is 6.92 Å². The Labute approximate surface area is 145 Å². The van der Waals surface area contributed by atoms with E-state index in [1.807, 2.05) is 38.1 Å². The van der Waals surface area contributed by atoms with Gasteiger partial charge in [-0.05, 0) is 48.5 Å². The zero-order valence-corrected chi connectivity index (χ0v) is 14.3. The summed E-state index contributed by atoms with van der Waals surface area (Å²) in [6, 6.07) is 12.8. The minimum atomic E-state index is -0.195. The monoisotopic (exact) mass is 337 g/mol. The molecule has 0 radical (unpaired) electrons. The summed E-state index contributed by atoms with van der Waals surface area (Å²) < 4.78 is 6.90. The molecule has 0 fully saturated rings. The Hall–Kier alpha value is -3.22. The Balaban J connectivity index is 1.81. The van der Waals surface area contributed by atoms with E-state index in [4.69, 9.17) is 4.74 Å². The van der Waals surface area contributed by atoms with E-state index < -0.39 is 0 Å². The van der Waals surface area contributed by atoms with Crippen molar-refractivity contribution in [2.24, 2.45) is 0 Å². The van der Waals surface area contributed by atoms with Gasteiger partial charge < -0.3 is 10.1 Å². The number of carbonyl (C=O) groups excluding carboxylic acids is 1. The number of nitrogens with zero attached hydrogens (tertiary/aromatic N) is 4. The zero-order valence-electron chi connectivity index (χ0n) is 14.3. The van der Waals surface area contributed by atoms with Crippen molar-refractivity contribution in [1.29, 1.82) is 0 Å². The van der Waals surface area contributed by atoms with E-state index >= 15 is 0 Å². The van der Waals surface area contributed by atoms with E-state index in [0.29, 0.717) is 5.56 Å². The van der Waals surface area contributed by atoms with Gasteiger partial charge in [0.1, 0.15) is 12.1 Å². The van der Waals surface area contributed by atoms with Gasteiger partial charge in [0.25, 0.3) is 5.91 Å². The number of benzene rings is 2. The summed E-state index contributed by atoms with van der Waals surface area (Å²) in [5, 5.41) is 14.1. The van der Waals surface area contributed by atoms with Crippen LogP contribution in [0.3, 0.4) is 0 Å². The molecule has 1 unspecified atom stereocenters. The first-order valence-corrected chi connectivity index (χ1v) is 7.87. The van der Waals surface area contributed by atoms with E-state index in [-0.39, 0.29) is 11.9 Å². The van der Waals surface area contributed by atoms with Gasteiger partial charge in [0.15, 0.2) is 0 Å². The fourth-order valence-corrected chi connectivity index (χ4v) is 2.62. The molecule has 3 rings (SSSR count). The molecule has 7 nitrogen and oxygen atoms in total. The maximum absolute atomic E-state index is 12.6. The molecule has 7 heteroatoms. The van der Waals surface area contributed by atoms with E-state index in [9.17, 15) is 4.79 Å². The van der Waals surface area contributed by atoms with Gasteiger partial charge >= 0.3 is 0 Å². The average molecular weight is 337 g/mol. The van der Waals surface area contributed by atoms with Crippen molar-refractivity contribution in [3.63, 3.8) is 0 Å². The van der Waals surface area contributed by atoms with E-state index in [1.54, 1.807) is 25.3 Å². The third-order valence-electron chi connectivity index (χ3n) is 3.92. The standard InChI is InChI=1S/C18H19N5O2/c1-12-7-8-17(25-3)16(9-12)13(2)20-18(24)14-5-4-6-15(10-14)23-11-19-21-22-23/h4-11,13H,1-3H3,(H,20,24). The van der Waals surface area contributed by atoms with Crippen LogP contribution >= 0.6 is 0 Å². The van der Waals surface area contributed by atoms with Crippen molar-refractivity contribution in [2.75, 3.05) is 7.11 Å². The Morgan fingerprint density at radius 1 is 1.24 bits per heavy atom. The van der Waals surface area contributed by atoms with Gasteiger partial charge in [0.2, 0.25) is 0 Å². The molecular formula is C18H19N5O2. The van der Waals surface area contributed by atoms with Gasteiger partial charge in [-0.3, -0.25) is 4.79 Å². The van der Waals surface area contributed by atoms with Crippen molar-refractivity contribution in [2.45, 2.75) is 19.9 Å². The topological polar surface area (TPSA) is 81.9 Å². The number of methoxy groups -OCH3 is 1. The highest BCUT2D eigenvalue weighted by molar-refractivity contribution is 5.95. The van der Waals surface area contributed by atoms with Crippen LogP contribution in [-0.4, -0.2) is 33.2 Å². The minimum absolute atomic E-state index is 0.175. The lowest BCUT2D eigenvalue weighted by atomic mass is 10.0. The van der Waals surface area contributed by atoms with E-state index in [1.165, 1.54) is 11.0 Å². The number of tetrazole rings is 1. The highest BCUT2D eigenvalue weighted by Crippen LogP contribution is 2.26. The van der Waals surface area contributed by atoms with Gasteiger partial charge in [-0.2, -0.15) is 0 Å². The maximum atomic E-state index is 12.6. The van der Waals surface area contributed by atoms with Crippen molar-refractivity contribution >= 4 is 5.91 Å². The highest BCUT2D eigenvalue weighted by Gasteiger charge is 2.16. The highest BCUT2D eigenvalue weighted by atomic mass is 16.5. The number of nitrogens with one attached hydrogen (secondary N) is 1. The Morgan fingerprint density at radius 2 is 2.08 bits per heavy atom. The maximum Gasteiger partial charge on any atom is 0.251 e. The molecule has 1 heterocycles. The van der Waals surface area contributed by atoms with Gasteiger partial charge in [-0.15, -0.1) is 5.10 Å². The van der Waals surface area contributed by atoms with Gasteiger partial charge in [0, 0.05) is 11.1 Å². The van der Waals surface area contributed by atoms with Crippen LogP contribution in [0.2, 0.25) is 0 Å². The number of aromatic nitrogens is 4. The van der Waals surface area contributed by atoms with Crippen molar-refractivity contribution < 1.29 is 9.53 Å². The minimum Gasteiger partial charge on any atom is -0.496 e. The smallest absolute Gasteiger partial charge is 0.251 e. The summed E-state index contributed by atoms with van der Waals surface area (Å²) in [5.41, 5.74) is 3.30. The first-order chi connectivity index (χ1) is 12.1. The Morgan fingerprint density at radius 3 is 2.80 bits per heavy atom. The number of carbonyl (C=O) groups is 1. The molecule has 0 saturated carbocycles. The normalized spacial score (nSPS) is 11.8. The molecule has 0 bridgehead atoms. The zero-order chi connectivity index (χ0) is 17.8. The summed E-state index contributed by atoms with van der Waals surface area (Å²) in [5.74, 6) is 0.576. The molecule has 0 aliphatic carbocycles. The molecule has 1 aromatic heterocycles. The molecule has 0 saturated heterocycles. The fraction of sp³-hybridized carbons (Fsp3) is 0.222. The number of amides is 1. The van der Waals surface area contributed by atoms with Crippen LogP contribution in [-0.2, 0) is 0 Å². The molecule has 0 spiro atoms. The number of rotatable bonds is 5. The predicted molar refractivity (Wildman–Crippen MR) is 92.8 cm³/mol. The van der Waals surface area contributed by atoms with Crippen LogP contribution in [0.25, 0.3) is 5.69 Å². The molecule has 1 N–H and O–H groups in total. The third-order valence-corrected chi connectivity index (χ3v) is 3.92. The second kappa shape index (κ2) is 7.12. The second-order valence-electron chi connectivity index (χ2n) is 5.75. The van der Waals surface area contributed by atoms with Gasteiger partial charge in [-0.25, -0.2) is 4.68 Å². The van der Waals surface area contributed by atoms with E-state index in [2.05, 4.69) is 20.8 Å². The van der Waals surface area contributed by atoms with Crippen LogP contribution in [0.4, 0.5) is 0 Å². The largest absolute Gasteiger partial charge is 0.496 e. The summed E-state index contributed by atoms with van der Waals surface area (Å²) in [6.45, 7) is 3.94. The molecule has 1 amide bonds. The summed E-state index contributed by atoms with van der Waals surface area (Å²) >= 11 is 0. The first kappa shape index (κ1) is 16.6. The molecule has 0 aliphatic rings. The molecule has 0 aliphatic heterocycles. The molecule has 2 aromatic carbocycles. The lowest BCUT2D eigenvalue weighted by Gasteiger charge is -2.18. The second-order valence-corrected chi connectivity index (χ2v) is 5.75. The number of hydrogen-bond donors (Lipinski definition) is 1. The summed E-state index contributed by atoms with van der Waals surface area (Å²) in [6.07, 6.45) is 1.48. The van der Waals surface area contributed by atoms with Crippen LogP contribution in [0.5, 0.6) is 5.75 Å². The summed E-state index contributed by atoms with van der Waals surface area (Å²) in [7, 11) is 1.62. The molecule has 1 atom stereocenters. The van der Waals surface area contributed by atoms with Gasteiger partial charge in [0.05, 0.1) is 18.8 Å².